The zero-order valence-electron chi connectivity index (χ0n) is 14.2. The smallest absolute Gasteiger partial charge is 0.242 e. The minimum atomic E-state index is -3.29. The fourth-order valence-electron chi connectivity index (χ4n) is 3.90. The predicted molar refractivity (Wildman–Crippen MR) is 89.6 cm³/mol. The van der Waals surface area contributed by atoms with Crippen LogP contribution in [0.3, 0.4) is 0 Å². The summed E-state index contributed by atoms with van der Waals surface area (Å²) in [5, 5.41) is 0. The monoisotopic (exact) mass is 357 g/mol. The van der Waals surface area contributed by atoms with Gasteiger partial charge in [-0.15, -0.1) is 0 Å². The van der Waals surface area contributed by atoms with Crippen molar-refractivity contribution >= 4 is 21.8 Å². The molecule has 7 nitrogen and oxygen atoms in total. The van der Waals surface area contributed by atoms with E-state index in [0.717, 1.165) is 38.4 Å². The average molecular weight is 357 g/mol. The molecule has 2 amide bonds. The number of nitrogens with zero attached hydrogens (tertiary/aromatic N) is 2. The van der Waals surface area contributed by atoms with Crippen molar-refractivity contribution in [1.82, 2.24) is 14.5 Å². The first-order valence-electron chi connectivity index (χ1n) is 8.86. The van der Waals surface area contributed by atoms with Gasteiger partial charge in [0.2, 0.25) is 21.8 Å². The second kappa shape index (κ2) is 7.00. The van der Waals surface area contributed by atoms with Crippen LogP contribution < -0.4 is 4.72 Å². The number of sulfonamides is 1. The highest BCUT2D eigenvalue weighted by Crippen LogP contribution is 2.41. The second-order valence-electron chi connectivity index (χ2n) is 7.42. The molecule has 0 aromatic heterocycles. The van der Waals surface area contributed by atoms with Crippen molar-refractivity contribution in [2.75, 3.05) is 32.4 Å². The van der Waals surface area contributed by atoms with E-state index in [1.165, 1.54) is 0 Å². The zero-order valence-corrected chi connectivity index (χ0v) is 15.1. The molecule has 0 bridgehead atoms. The third kappa shape index (κ3) is 4.47. The topological polar surface area (TPSA) is 86.8 Å². The molecule has 24 heavy (non-hydrogen) atoms. The molecule has 136 valence electrons. The van der Waals surface area contributed by atoms with Gasteiger partial charge < -0.3 is 9.80 Å². The Morgan fingerprint density at radius 2 is 1.96 bits per heavy atom. The summed E-state index contributed by atoms with van der Waals surface area (Å²) in [6.07, 6.45) is 6.79. The van der Waals surface area contributed by atoms with Crippen molar-refractivity contribution < 1.29 is 18.0 Å². The van der Waals surface area contributed by atoms with Crippen LogP contribution in [0.2, 0.25) is 0 Å². The molecule has 3 rings (SSSR count). The van der Waals surface area contributed by atoms with Crippen molar-refractivity contribution in [3.05, 3.63) is 0 Å². The van der Waals surface area contributed by atoms with E-state index >= 15 is 0 Å². The maximum Gasteiger partial charge on any atom is 0.242 e. The van der Waals surface area contributed by atoms with Gasteiger partial charge in [-0.2, -0.15) is 0 Å². The van der Waals surface area contributed by atoms with Gasteiger partial charge in [-0.05, 0) is 37.5 Å². The van der Waals surface area contributed by atoms with Crippen molar-refractivity contribution in [3.8, 4) is 0 Å². The maximum atomic E-state index is 12.6. The number of amides is 2. The minimum Gasteiger partial charge on any atom is -0.339 e. The standard InChI is InChI=1S/C16H27N3O4S/c1-24(22,23)17-14-10-19(9-13(14)12-6-7-12)16(21)11-18-8-4-2-3-5-15(18)20/h12-14,17H,2-11H2,1H3/t13-,14+/m0/s1. The molecular weight excluding hydrogens is 330 g/mol. The van der Waals surface area contributed by atoms with Crippen LogP contribution in [0.5, 0.6) is 0 Å². The van der Waals surface area contributed by atoms with Crippen LogP contribution in [0.1, 0.15) is 38.5 Å². The fraction of sp³-hybridized carbons (Fsp3) is 0.875. The van der Waals surface area contributed by atoms with E-state index in [2.05, 4.69) is 4.72 Å². The molecule has 0 aromatic rings. The van der Waals surface area contributed by atoms with Crippen LogP contribution in [-0.4, -0.2) is 68.5 Å². The van der Waals surface area contributed by atoms with Gasteiger partial charge in [-0.3, -0.25) is 9.59 Å². The first-order valence-corrected chi connectivity index (χ1v) is 10.8. The summed E-state index contributed by atoms with van der Waals surface area (Å²) in [6, 6.07) is -0.198. The Labute approximate surface area is 143 Å². The van der Waals surface area contributed by atoms with Crippen molar-refractivity contribution in [2.24, 2.45) is 11.8 Å². The SMILES string of the molecule is CS(=O)(=O)N[C@@H]1CN(C(=O)CN2CCCCCC2=O)C[C@H]1C1CC1. The lowest BCUT2D eigenvalue weighted by Gasteiger charge is -2.24. The number of rotatable bonds is 5. The molecular formula is C16H27N3O4S. The van der Waals surface area contributed by atoms with Gasteiger partial charge in [0.15, 0.2) is 0 Å². The van der Waals surface area contributed by atoms with Crippen LogP contribution in [-0.2, 0) is 19.6 Å². The zero-order chi connectivity index (χ0) is 17.3. The number of carbonyl (C=O) groups is 2. The Bertz CT molecular complexity index is 602. The van der Waals surface area contributed by atoms with Crippen LogP contribution in [0.4, 0.5) is 0 Å². The molecule has 3 aliphatic rings. The maximum absolute atomic E-state index is 12.6. The number of likely N-dealkylation sites (tertiary alicyclic amines) is 2. The quantitative estimate of drug-likeness (QED) is 0.760. The summed E-state index contributed by atoms with van der Waals surface area (Å²) in [5.74, 6) is 0.712. The van der Waals surface area contributed by atoms with Crippen molar-refractivity contribution in [1.29, 1.82) is 0 Å². The van der Waals surface area contributed by atoms with E-state index in [-0.39, 0.29) is 30.3 Å². The Kier molecular flexibility index (Phi) is 5.15. The Hall–Kier alpha value is -1.15. The number of hydrogen-bond donors (Lipinski definition) is 1. The van der Waals surface area contributed by atoms with Gasteiger partial charge >= 0.3 is 0 Å². The molecule has 0 unspecified atom stereocenters. The Morgan fingerprint density at radius 1 is 1.21 bits per heavy atom. The first-order chi connectivity index (χ1) is 11.3. The summed E-state index contributed by atoms with van der Waals surface area (Å²) in [7, 11) is -3.29. The number of carbonyl (C=O) groups excluding carboxylic acids is 2. The van der Waals surface area contributed by atoms with Crippen LogP contribution in [0.25, 0.3) is 0 Å². The summed E-state index contributed by atoms with van der Waals surface area (Å²) in [4.78, 5) is 28.1. The van der Waals surface area contributed by atoms with E-state index in [9.17, 15) is 18.0 Å². The van der Waals surface area contributed by atoms with E-state index in [1.807, 2.05) is 0 Å². The van der Waals surface area contributed by atoms with Crippen LogP contribution in [0.15, 0.2) is 0 Å². The van der Waals surface area contributed by atoms with Gasteiger partial charge in [0.05, 0.1) is 12.8 Å². The van der Waals surface area contributed by atoms with E-state index in [0.29, 0.717) is 32.0 Å². The highest BCUT2D eigenvalue weighted by atomic mass is 32.2. The second-order valence-corrected chi connectivity index (χ2v) is 9.20. The molecule has 3 fully saturated rings. The average Bonchev–Trinajstić information content (AvgIpc) is 3.27. The van der Waals surface area contributed by atoms with Gasteiger partial charge in [0.25, 0.3) is 0 Å². The normalized spacial score (nSPS) is 29.0. The van der Waals surface area contributed by atoms with Gasteiger partial charge in [-0.25, -0.2) is 13.1 Å². The first kappa shape index (κ1) is 17.7. The van der Waals surface area contributed by atoms with Crippen molar-refractivity contribution in [2.45, 2.75) is 44.6 Å². The van der Waals surface area contributed by atoms with E-state index < -0.39 is 10.0 Å². The lowest BCUT2D eigenvalue weighted by molar-refractivity contribution is -0.139. The summed E-state index contributed by atoms with van der Waals surface area (Å²) in [5.41, 5.74) is 0. The molecule has 0 aromatic carbocycles. The lowest BCUT2D eigenvalue weighted by Crippen LogP contribution is -2.43. The molecule has 0 radical (unpaired) electrons. The lowest BCUT2D eigenvalue weighted by atomic mass is 9.99. The van der Waals surface area contributed by atoms with Crippen molar-refractivity contribution in [3.63, 3.8) is 0 Å². The highest BCUT2D eigenvalue weighted by Gasteiger charge is 2.44. The molecule has 2 saturated heterocycles. The summed E-state index contributed by atoms with van der Waals surface area (Å²) in [6.45, 7) is 1.78. The Balaban J connectivity index is 1.61. The molecule has 8 heteroatoms. The third-order valence-electron chi connectivity index (χ3n) is 5.31. The molecule has 1 saturated carbocycles. The predicted octanol–water partition coefficient (Wildman–Crippen LogP) is 0.175. The van der Waals surface area contributed by atoms with E-state index in [4.69, 9.17) is 0 Å². The minimum absolute atomic E-state index is 0.0598. The Morgan fingerprint density at radius 3 is 2.62 bits per heavy atom. The van der Waals surface area contributed by atoms with Gasteiger partial charge in [0, 0.05) is 32.1 Å². The molecule has 2 atom stereocenters. The largest absolute Gasteiger partial charge is 0.339 e. The van der Waals surface area contributed by atoms with Gasteiger partial charge in [-0.1, -0.05) is 6.42 Å². The number of nitrogens with one attached hydrogen (secondary N) is 1. The van der Waals surface area contributed by atoms with Crippen LogP contribution in [0, 0.1) is 11.8 Å². The van der Waals surface area contributed by atoms with Gasteiger partial charge in [0.1, 0.15) is 0 Å². The fourth-order valence-corrected chi connectivity index (χ4v) is 4.70. The molecule has 2 aliphatic heterocycles. The van der Waals surface area contributed by atoms with Crippen LogP contribution >= 0.6 is 0 Å². The highest BCUT2D eigenvalue weighted by molar-refractivity contribution is 7.88. The van der Waals surface area contributed by atoms with E-state index in [1.54, 1.807) is 9.80 Å². The molecule has 0 spiro atoms. The third-order valence-corrected chi connectivity index (χ3v) is 6.04. The summed E-state index contributed by atoms with van der Waals surface area (Å²) >= 11 is 0. The molecule has 1 aliphatic carbocycles. The molecule has 1 N–H and O–H groups in total. The molecule has 2 heterocycles. The number of hydrogen-bond acceptors (Lipinski definition) is 4. The summed E-state index contributed by atoms with van der Waals surface area (Å²) < 4.78 is 25.9.